The first kappa shape index (κ1) is 47.6. The highest BCUT2D eigenvalue weighted by Gasteiger charge is 2.36. The Morgan fingerprint density at radius 3 is 2.02 bits per heavy atom. The summed E-state index contributed by atoms with van der Waals surface area (Å²) in [6.45, 7) is 2.03. The Balaban J connectivity index is 1.51. The van der Waals surface area contributed by atoms with E-state index in [4.69, 9.17) is 5.73 Å². The second kappa shape index (κ2) is 23.1. The van der Waals surface area contributed by atoms with Crippen LogP contribution in [0.25, 0.3) is 10.9 Å². The molecular weight excluding hydrogens is 837 g/mol. The molecule has 0 saturated carbocycles. The lowest BCUT2D eigenvalue weighted by atomic mass is 10.0. The van der Waals surface area contributed by atoms with Crippen molar-refractivity contribution >= 4 is 67.9 Å². The fraction of sp³-hybridized carbons (Fsp3) is 0.395. The Morgan fingerprint density at radius 1 is 0.758 bits per heavy atom. The van der Waals surface area contributed by atoms with Crippen LogP contribution in [0, 0.1) is 0 Å². The summed E-state index contributed by atoms with van der Waals surface area (Å²) in [4.78, 5) is 87.2. The SMILES string of the molecule is C[C@H](O)[C@H]1NC(=O)[C@@H](Cc2c[nH]c3ccccc23)NC(=O)[C@H](Cc2ccccc2)NC(=O)[C@@H](NC(=O)[C@H](N)Cc2ccccc2)CSSC[C@@H](C(=O)N[C@@H](CO)[C@@H](C)O)NC1=O. The minimum atomic E-state index is -1.61. The molecule has 0 unspecified atom stereocenters. The van der Waals surface area contributed by atoms with E-state index in [2.05, 4.69) is 36.9 Å². The van der Waals surface area contributed by atoms with Gasteiger partial charge in [0.2, 0.25) is 35.4 Å². The van der Waals surface area contributed by atoms with Gasteiger partial charge < -0.3 is 57.9 Å². The number of hydrogen-bond donors (Lipinski definition) is 11. The maximum absolute atomic E-state index is 14.4. The largest absolute Gasteiger partial charge is 0.394 e. The number of H-pyrrole nitrogens is 1. The van der Waals surface area contributed by atoms with Crippen LogP contribution in [0.1, 0.15) is 30.5 Å². The molecule has 62 heavy (non-hydrogen) atoms. The van der Waals surface area contributed by atoms with Crippen molar-refractivity contribution in [2.24, 2.45) is 5.73 Å². The number of hydrogen-bond acceptors (Lipinski definition) is 12. The number of rotatable bonds is 13. The molecule has 2 heterocycles. The average Bonchev–Trinajstić information content (AvgIpc) is 3.66. The van der Waals surface area contributed by atoms with Crippen molar-refractivity contribution < 1.29 is 44.1 Å². The lowest BCUT2D eigenvalue weighted by molar-refractivity contribution is -0.136. The van der Waals surface area contributed by atoms with Gasteiger partial charge in [-0.1, -0.05) is 100 Å². The van der Waals surface area contributed by atoms with Crippen molar-refractivity contribution in [3.05, 3.63) is 108 Å². The van der Waals surface area contributed by atoms with E-state index in [0.29, 0.717) is 11.1 Å². The number of aromatic nitrogens is 1. The molecule has 0 radical (unpaired) electrons. The van der Waals surface area contributed by atoms with Crippen LogP contribution in [0.3, 0.4) is 0 Å². The van der Waals surface area contributed by atoms with Crippen LogP contribution in [-0.2, 0) is 48.0 Å². The first-order valence-electron chi connectivity index (χ1n) is 20.2. The molecular formula is C43H54N8O9S2. The second-order valence-electron chi connectivity index (χ2n) is 15.1. The molecule has 332 valence electrons. The number of nitrogens with one attached hydrogen (secondary N) is 7. The van der Waals surface area contributed by atoms with E-state index in [1.807, 2.05) is 54.6 Å². The van der Waals surface area contributed by atoms with Crippen molar-refractivity contribution in [2.75, 3.05) is 18.1 Å². The van der Waals surface area contributed by atoms with Crippen LogP contribution >= 0.6 is 21.6 Å². The Labute approximate surface area is 366 Å². The summed E-state index contributed by atoms with van der Waals surface area (Å²) in [5, 5.41) is 47.4. The zero-order valence-electron chi connectivity index (χ0n) is 34.3. The highest BCUT2D eigenvalue weighted by molar-refractivity contribution is 8.76. The molecule has 12 N–H and O–H groups in total. The third kappa shape index (κ3) is 13.5. The summed E-state index contributed by atoms with van der Waals surface area (Å²) < 4.78 is 0. The van der Waals surface area contributed by atoms with Crippen LogP contribution < -0.4 is 37.6 Å². The number of benzene rings is 3. The Hall–Kier alpha value is -5.44. The maximum Gasteiger partial charge on any atom is 0.245 e. The summed E-state index contributed by atoms with van der Waals surface area (Å²) in [6, 6.07) is 16.3. The molecule has 1 aliphatic rings. The summed E-state index contributed by atoms with van der Waals surface area (Å²) >= 11 is 0. The zero-order valence-corrected chi connectivity index (χ0v) is 35.9. The molecule has 1 fully saturated rings. The number of aliphatic hydroxyl groups excluding tert-OH is 3. The van der Waals surface area contributed by atoms with E-state index in [1.54, 1.807) is 36.5 Å². The van der Waals surface area contributed by atoms with Gasteiger partial charge in [0.25, 0.3) is 0 Å². The number of amides is 6. The van der Waals surface area contributed by atoms with E-state index in [0.717, 1.165) is 38.1 Å². The van der Waals surface area contributed by atoms with Crippen molar-refractivity contribution in [3.8, 4) is 0 Å². The molecule has 9 atom stereocenters. The van der Waals surface area contributed by atoms with Gasteiger partial charge in [-0.15, -0.1) is 0 Å². The number of nitrogens with two attached hydrogens (primary N) is 1. The van der Waals surface area contributed by atoms with Crippen molar-refractivity contribution in [1.82, 2.24) is 36.9 Å². The quantitative estimate of drug-likeness (QED) is 0.0765. The highest BCUT2D eigenvalue weighted by Crippen LogP contribution is 2.24. The van der Waals surface area contributed by atoms with Gasteiger partial charge in [0.15, 0.2) is 0 Å². The molecule has 1 saturated heterocycles. The third-order valence-electron chi connectivity index (χ3n) is 10.3. The van der Waals surface area contributed by atoms with Gasteiger partial charge in [0.1, 0.15) is 30.2 Å². The van der Waals surface area contributed by atoms with Crippen LogP contribution in [0.4, 0.5) is 0 Å². The molecule has 1 aliphatic heterocycles. The van der Waals surface area contributed by atoms with E-state index in [1.165, 1.54) is 13.8 Å². The van der Waals surface area contributed by atoms with Crippen molar-refractivity contribution in [1.29, 1.82) is 0 Å². The zero-order chi connectivity index (χ0) is 44.8. The Bertz CT molecular complexity index is 2140. The van der Waals surface area contributed by atoms with Gasteiger partial charge in [-0.05, 0) is 43.0 Å². The summed E-state index contributed by atoms with van der Waals surface area (Å²) in [6.07, 6.45) is -0.871. The van der Waals surface area contributed by atoms with E-state index >= 15 is 0 Å². The predicted octanol–water partition coefficient (Wildman–Crippen LogP) is -0.419. The Morgan fingerprint density at radius 2 is 1.35 bits per heavy atom. The van der Waals surface area contributed by atoms with Crippen LogP contribution in [0.5, 0.6) is 0 Å². The third-order valence-corrected chi connectivity index (χ3v) is 12.7. The minimum Gasteiger partial charge on any atom is -0.394 e. The first-order chi connectivity index (χ1) is 29.7. The van der Waals surface area contributed by atoms with Gasteiger partial charge in [-0.25, -0.2) is 0 Å². The summed E-state index contributed by atoms with van der Waals surface area (Å²) in [7, 11) is 2.14. The normalized spacial score (nSPS) is 22.7. The summed E-state index contributed by atoms with van der Waals surface area (Å²) in [5.74, 6) is -4.91. The number of aliphatic hydroxyl groups is 3. The van der Waals surface area contributed by atoms with Gasteiger partial charge in [0, 0.05) is 41.4 Å². The van der Waals surface area contributed by atoms with Crippen molar-refractivity contribution in [2.45, 2.75) is 87.6 Å². The smallest absolute Gasteiger partial charge is 0.245 e. The molecule has 0 spiro atoms. The van der Waals surface area contributed by atoms with E-state index < -0.39 is 96.6 Å². The van der Waals surface area contributed by atoms with Crippen LogP contribution in [-0.4, -0.2) is 128 Å². The molecule has 3 aromatic carbocycles. The number of carbonyl (C=O) groups is 6. The molecule has 5 rings (SSSR count). The summed E-state index contributed by atoms with van der Waals surface area (Å²) in [5.41, 5.74) is 9.20. The van der Waals surface area contributed by atoms with Gasteiger partial charge in [-0.2, -0.15) is 0 Å². The molecule has 0 aliphatic carbocycles. The van der Waals surface area contributed by atoms with Gasteiger partial charge in [0.05, 0.1) is 30.9 Å². The number of para-hydroxylation sites is 1. The van der Waals surface area contributed by atoms with E-state index in [-0.39, 0.29) is 30.8 Å². The van der Waals surface area contributed by atoms with E-state index in [9.17, 15) is 44.1 Å². The minimum absolute atomic E-state index is 0.00724. The van der Waals surface area contributed by atoms with Gasteiger partial charge in [-0.3, -0.25) is 28.8 Å². The van der Waals surface area contributed by atoms with Gasteiger partial charge >= 0.3 is 0 Å². The van der Waals surface area contributed by atoms with Crippen molar-refractivity contribution in [3.63, 3.8) is 0 Å². The first-order valence-corrected chi connectivity index (χ1v) is 22.6. The topological polar surface area (TPSA) is 277 Å². The lowest BCUT2D eigenvalue weighted by Crippen LogP contribution is -2.62. The Kier molecular flexibility index (Phi) is 17.8. The number of aromatic amines is 1. The number of fused-ring (bicyclic) bond motifs is 1. The van der Waals surface area contributed by atoms with Crippen LogP contribution in [0.2, 0.25) is 0 Å². The molecule has 6 amide bonds. The molecule has 1 aromatic heterocycles. The predicted molar refractivity (Wildman–Crippen MR) is 237 cm³/mol. The second-order valence-corrected chi connectivity index (χ2v) is 17.7. The fourth-order valence-electron chi connectivity index (χ4n) is 6.69. The monoisotopic (exact) mass is 890 g/mol. The highest BCUT2D eigenvalue weighted by atomic mass is 33.1. The molecule has 19 heteroatoms. The number of carbonyl (C=O) groups excluding carboxylic acids is 6. The molecule has 0 bridgehead atoms. The molecule has 4 aromatic rings. The van der Waals surface area contributed by atoms with Crippen LogP contribution in [0.15, 0.2) is 91.1 Å². The fourth-order valence-corrected chi connectivity index (χ4v) is 9.02. The lowest BCUT2D eigenvalue weighted by Gasteiger charge is -2.28. The average molecular weight is 891 g/mol. The standard InChI is InChI=1S/C43H54N8O9S2/c1-24(53)34(21-52)48-42(59)36-23-62-61-22-35(49-38(55)30(44)17-26-11-5-3-6-12-26)41(58)46-32(18-27-13-7-4-8-14-27)39(56)47-33(40(57)51-37(25(2)54)43(60)50-36)19-28-20-45-31-16-10-9-15-29(28)31/h3-16,20,24-25,30,32-37,45,52-54H,17-19,21-23,44H2,1-2H3,(H,46,58)(H,47,56)(H,48,59)(H,49,55)(H,50,60)(H,51,57)/t24-,25+,30-,32+,33-,34+,35+,36+,37-/m1/s1. The molecule has 17 nitrogen and oxygen atoms in total. The maximum atomic E-state index is 14.4.